The van der Waals surface area contributed by atoms with Crippen LogP contribution in [0.25, 0.3) is 5.57 Å². The summed E-state index contributed by atoms with van der Waals surface area (Å²) in [5.74, 6) is 2.63. The zero-order valence-electron chi connectivity index (χ0n) is 13.5. The van der Waals surface area contributed by atoms with Gasteiger partial charge in [0, 0.05) is 11.8 Å². The van der Waals surface area contributed by atoms with Gasteiger partial charge in [-0.3, -0.25) is 4.79 Å². The quantitative estimate of drug-likeness (QED) is 0.807. The number of allylic oxidation sites excluding steroid dienone is 2. The van der Waals surface area contributed by atoms with E-state index in [1.807, 2.05) is 0 Å². The number of carbonyl (C=O) groups is 1. The second kappa shape index (κ2) is 4.97. The number of hydrogen-bond donors (Lipinski definition) is 0. The first-order valence-electron chi connectivity index (χ1n) is 8.60. The van der Waals surface area contributed by atoms with Crippen LogP contribution in [0.2, 0.25) is 0 Å². The molecule has 0 radical (unpaired) electrons. The second-order valence-electron chi connectivity index (χ2n) is 7.11. The average Bonchev–Trinajstić information content (AvgIpc) is 2.91. The highest BCUT2D eigenvalue weighted by Crippen LogP contribution is 2.58. The molecule has 0 unspecified atom stereocenters. The van der Waals surface area contributed by atoms with Crippen molar-refractivity contribution >= 4 is 11.4 Å². The molecule has 0 saturated heterocycles. The van der Waals surface area contributed by atoms with E-state index in [9.17, 15) is 4.79 Å². The SMILES string of the molecule is CC[C@]12CC=C3c4ccc(OC)cc4CC[C@H]3[C@@H]1CCC2=O. The molecule has 0 bridgehead atoms. The van der Waals surface area contributed by atoms with Gasteiger partial charge in [-0.1, -0.05) is 19.1 Å². The van der Waals surface area contributed by atoms with Crippen molar-refractivity contribution < 1.29 is 9.53 Å². The standard InChI is InChI=1S/C20H24O2/c1-3-20-11-10-16-15-7-5-14(22-2)12-13(15)4-6-17(16)18(20)8-9-19(20)21/h5,7,10,12,17-18H,3-4,6,8-9,11H2,1-2H3/t17-,18+,20+/m1/s1. The number of benzene rings is 1. The van der Waals surface area contributed by atoms with E-state index in [1.54, 1.807) is 7.11 Å². The molecule has 0 aromatic heterocycles. The molecule has 2 heteroatoms. The van der Waals surface area contributed by atoms with Gasteiger partial charge in [-0.2, -0.15) is 0 Å². The van der Waals surface area contributed by atoms with E-state index in [2.05, 4.69) is 31.2 Å². The molecular formula is C20H24O2. The van der Waals surface area contributed by atoms with E-state index in [1.165, 1.54) is 23.1 Å². The van der Waals surface area contributed by atoms with Gasteiger partial charge in [0.15, 0.2) is 0 Å². The van der Waals surface area contributed by atoms with Crippen LogP contribution in [0.5, 0.6) is 5.75 Å². The predicted molar refractivity (Wildman–Crippen MR) is 87.9 cm³/mol. The van der Waals surface area contributed by atoms with Crippen LogP contribution in [-0.4, -0.2) is 12.9 Å². The van der Waals surface area contributed by atoms with Gasteiger partial charge >= 0.3 is 0 Å². The first-order valence-corrected chi connectivity index (χ1v) is 8.60. The molecule has 1 fully saturated rings. The summed E-state index contributed by atoms with van der Waals surface area (Å²) in [5, 5.41) is 0. The second-order valence-corrected chi connectivity index (χ2v) is 7.11. The first kappa shape index (κ1) is 14.0. The Morgan fingerprint density at radius 2 is 2.14 bits per heavy atom. The van der Waals surface area contributed by atoms with Gasteiger partial charge in [0.05, 0.1) is 7.11 Å². The number of Topliss-reactive ketones (excluding diaryl/α,β-unsaturated/α-hetero) is 1. The maximum atomic E-state index is 12.5. The minimum Gasteiger partial charge on any atom is -0.497 e. The molecule has 1 saturated carbocycles. The van der Waals surface area contributed by atoms with Crippen molar-refractivity contribution in [1.29, 1.82) is 0 Å². The predicted octanol–water partition coefficient (Wildman–Crippen LogP) is 4.42. The molecule has 3 aliphatic carbocycles. The highest BCUT2D eigenvalue weighted by Gasteiger charge is 2.53. The van der Waals surface area contributed by atoms with E-state index in [0.29, 0.717) is 17.6 Å². The van der Waals surface area contributed by atoms with Crippen LogP contribution in [0.3, 0.4) is 0 Å². The smallest absolute Gasteiger partial charge is 0.139 e. The molecule has 2 nitrogen and oxygen atoms in total. The van der Waals surface area contributed by atoms with Crippen molar-refractivity contribution in [3.8, 4) is 5.75 Å². The fourth-order valence-electron chi connectivity index (χ4n) is 5.30. The van der Waals surface area contributed by atoms with Gasteiger partial charge in [-0.05, 0) is 72.8 Å². The van der Waals surface area contributed by atoms with Crippen molar-refractivity contribution in [3.63, 3.8) is 0 Å². The lowest BCUT2D eigenvalue weighted by Gasteiger charge is -2.45. The van der Waals surface area contributed by atoms with Crippen LogP contribution in [0.1, 0.15) is 50.2 Å². The van der Waals surface area contributed by atoms with Crippen molar-refractivity contribution in [3.05, 3.63) is 35.4 Å². The van der Waals surface area contributed by atoms with Crippen LogP contribution < -0.4 is 4.74 Å². The molecule has 1 aromatic rings. The summed E-state index contributed by atoms with van der Waals surface area (Å²) in [7, 11) is 1.73. The maximum Gasteiger partial charge on any atom is 0.139 e. The topological polar surface area (TPSA) is 26.3 Å². The number of rotatable bonds is 2. The molecule has 22 heavy (non-hydrogen) atoms. The number of carbonyl (C=O) groups excluding carboxylic acids is 1. The summed E-state index contributed by atoms with van der Waals surface area (Å²) in [5.41, 5.74) is 4.28. The van der Waals surface area contributed by atoms with Crippen molar-refractivity contribution in [2.75, 3.05) is 7.11 Å². The average molecular weight is 296 g/mol. The summed E-state index contributed by atoms with van der Waals surface area (Å²) in [4.78, 5) is 12.5. The van der Waals surface area contributed by atoms with Gasteiger partial charge in [0.2, 0.25) is 0 Å². The third kappa shape index (κ3) is 1.76. The Hall–Kier alpha value is -1.57. The van der Waals surface area contributed by atoms with Crippen LogP contribution in [-0.2, 0) is 11.2 Å². The van der Waals surface area contributed by atoms with Crippen molar-refractivity contribution in [2.24, 2.45) is 17.3 Å². The Labute approximate surface area is 132 Å². The monoisotopic (exact) mass is 296 g/mol. The molecule has 0 spiro atoms. The molecule has 0 aliphatic heterocycles. The van der Waals surface area contributed by atoms with Gasteiger partial charge in [-0.15, -0.1) is 0 Å². The largest absolute Gasteiger partial charge is 0.497 e. The molecule has 3 aliphatic rings. The number of fused-ring (bicyclic) bond motifs is 5. The van der Waals surface area contributed by atoms with Gasteiger partial charge < -0.3 is 4.74 Å². The Kier molecular flexibility index (Phi) is 3.18. The first-order chi connectivity index (χ1) is 10.7. The Bertz CT molecular complexity index is 658. The fraction of sp³-hybridized carbons (Fsp3) is 0.550. The van der Waals surface area contributed by atoms with E-state index >= 15 is 0 Å². The van der Waals surface area contributed by atoms with E-state index in [-0.39, 0.29) is 5.41 Å². The van der Waals surface area contributed by atoms with Crippen LogP contribution in [0, 0.1) is 17.3 Å². The Morgan fingerprint density at radius 3 is 2.91 bits per heavy atom. The maximum absolute atomic E-state index is 12.5. The van der Waals surface area contributed by atoms with E-state index in [0.717, 1.165) is 37.9 Å². The molecule has 0 amide bonds. The molecule has 116 valence electrons. The van der Waals surface area contributed by atoms with Gasteiger partial charge in [0.25, 0.3) is 0 Å². The zero-order chi connectivity index (χ0) is 15.3. The minimum absolute atomic E-state index is 0.0435. The number of methoxy groups -OCH3 is 1. The summed E-state index contributed by atoms with van der Waals surface area (Å²) in [6.07, 6.45) is 8.53. The Balaban J connectivity index is 1.78. The molecular weight excluding hydrogens is 272 g/mol. The summed E-state index contributed by atoms with van der Waals surface area (Å²) in [6.45, 7) is 2.21. The normalized spacial score (nSPS) is 32.8. The molecule has 3 atom stereocenters. The molecule has 0 N–H and O–H groups in total. The summed E-state index contributed by atoms with van der Waals surface area (Å²) < 4.78 is 5.37. The zero-order valence-corrected chi connectivity index (χ0v) is 13.5. The third-order valence-corrected chi connectivity index (χ3v) is 6.50. The molecule has 1 aromatic carbocycles. The third-order valence-electron chi connectivity index (χ3n) is 6.50. The molecule has 4 rings (SSSR count). The number of hydrogen-bond acceptors (Lipinski definition) is 2. The van der Waals surface area contributed by atoms with E-state index in [4.69, 9.17) is 4.74 Å². The minimum atomic E-state index is -0.0435. The lowest BCUT2D eigenvalue weighted by Crippen LogP contribution is -2.39. The van der Waals surface area contributed by atoms with Crippen LogP contribution in [0.15, 0.2) is 24.3 Å². The van der Waals surface area contributed by atoms with Crippen LogP contribution in [0.4, 0.5) is 0 Å². The molecule has 0 heterocycles. The Morgan fingerprint density at radius 1 is 1.27 bits per heavy atom. The van der Waals surface area contributed by atoms with Gasteiger partial charge in [-0.25, -0.2) is 0 Å². The number of aryl methyl sites for hydroxylation is 1. The van der Waals surface area contributed by atoms with Crippen LogP contribution >= 0.6 is 0 Å². The highest BCUT2D eigenvalue weighted by atomic mass is 16.5. The van der Waals surface area contributed by atoms with Gasteiger partial charge in [0.1, 0.15) is 11.5 Å². The number of ketones is 1. The summed E-state index contributed by atoms with van der Waals surface area (Å²) >= 11 is 0. The number of ether oxygens (including phenoxy) is 1. The summed E-state index contributed by atoms with van der Waals surface area (Å²) in [6, 6.07) is 6.49. The lowest BCUT2D eigenvalue weighted by atomic mass is 9.58. The fourth-order valence-corrected chi connectivity index (χ4v) is 5.30. The van der Waals surface area contributed by atoms with Crippen molar-refractivity contribution in [2.45, 2.75) is 45.4 Å². The van der Waals surface area contributed by atoms with Crippen molar-refractivity contribution in [1.82, 2.24) is 0 Å². The van der Waals surface area contributed by atoms with E-state index < -0.39 is 0 Å². The highest BCUT2D eigenvalue weighted by molar-refractivity contribution is 5.89. The lowest BCUT2D eigenvalue weighted by molar-refractivity contribution is -0.128.